The van der Waals surface area contributed by atoms with E-state index in [0.717, 1.165) is 41.6 Å². The van der Waals surface area contributed by atoms with Gasteiger partial charge in [0, 0.05) is 11.6 Å². The van der Waals surface area contributed by atoms with Gasteiger partial charge >= 0.3 is 0 Å². The van der Waals surface area contributed by atoms with Crippen LogP contribution in [-0.2, 0) is 12.8 Å². The van der Waals surface area contributed by atoms with Crippen LogP contribution in [0.2, 0.25) is 0 Å². The van der Waals surface area contributed by atoms with Gasteiger partial charge in [0.05, 0.1) is 11.1 Å². The van der Waals surface area contributed by atoms with Gasteiger partial charge in [-0.2, -0.15) is 0 Å². The van der Waals surface area contributed by atoms with E-state index >= 15 is 0 Å². The van der Waals surface area contributed by atoms with Gasteiger partial charge < -0.3 is 8.94 Å². The summed E-state index contributed by atoms with van der Waals surface area (Å²) in [5, 5.41) is 7.23. The Morgan fingerprint density at radius 3 is 2.92 bits per heavy atom. The molecule has 2 aromatic heterocycles. The second kappa shape index (κ2) is 6.12. The van der Waals surface area contributed by atoms with Gasteiger partial charge in [-0.25, -0.2) is 0 Å². The predicted molar refractivity (Wildman–Crippen MR) is 97.6 cm³/mol. The lowest BCUT2D eigenvalue weighted by atomic mass is 9.89. The van der Waals surface area contributed by atoms with E-state index in [2.05, 4.69) is 17.4 Å². The minimum absolute atomic E-state index is 0.0368. The highest BCUT2D eigenvalue weighted by Crippen LogP contribution is 2.31. The van der Waals surface area contributed by atoms with Crippen molar-refractivity contribution in [2.24, 2.45) is 5.92 Å². The summed E-state index contributed by atoms with van der Waals surface area (Å²) in [6, 6.07) is 4.81. The van der Waals surface area contributed by atoms with Crippen molar-refractivity contribution in [1.82, 2.24) is 5.16 Å². The molecule has 0 spiro atoms. The maximum Gasteiger partial charge on any atom is 0.293 e. The molecule has 3 aromatic rings. The molecule has 0 aliphatic heterocycles. The number of carbonyl (C=O) groups is 1. The molecule has 1 N–H and O–H groups in total. The number of benzene rings is 1. The first-order valence-corrected chi connectivity index (χ1v) is 8.77. The Labute approximate surface area is 150 Å². The number of rotatable bonds is 2. The molecule has 1 aromatic carbocycles. The summed E-state index contributed by atoms with van der Waals surface area (Å²) in [5.41, 5.74) is 3.87. The molecule has 0 radical (unpaired) electrons. The van der Waals surface area contributed by atoms with Gasteiger partial charge in [-0.1, -0.05) is 18.1 Å². The molecule has 1 aliphatic rings. The number of aryl methyl sites for hydroxylation is 3. The molecule has 6 nitrogen and oxygen atoms in total. The average molecular weight is 352 g/mol. The number of nitrogens with zero attached hydrogens (tertiary/aromatic N) is 1. The molecule has 26 heavy (non-hydrogen) atoms. The maximum atomic E-state index is 12.6. The number of nitrogens with one attached hydrogen (secondary N) is 1. The van der Waals surface area contributed by atoms with Crippen molar-refractivity contribution in [3.8, 4) is 0 Å². The third-order valence-electron chi connectivity index (χ3n) is 5.16. The van der Waals surface area contributed by atoms with Gasteiger partial charge in [0.25, 0.3) is 5.91 Å². The Hall–Kier alpha value is -2.89. The molecule has 0 saturated carbocycles. The minimum Gasteiger partial charge on any atom is -0.450 e. The minimum atomic E-state index is -0.512. The van der Waals surface area contributed by atoms with Crippen LogP contribution in [0.25, 0.3) is 11.0 Å². The van der Waals surface area contributed by atoms with E-state index < -0.39 is 5.91 Å². The van der Waals surface area contributed by atoms with Crippen LogP contribution in [0.5, 0.6) is 0 Å². The molecule has 6 heteroatoms. The van der Waals surface area contributed by atoms with Gasteiger partial charge in [-0.15, -0.1) is 0 Å². The Morgan fingerprint density at radius 2 is 2.12 bits per heavy atom. The van der Waals surface area contributed by atoms with Crippen LogP contribution >= 0.6 is 0 Å². The average Bonchev–Trinajstić information content (AvgIpc) is 3.00. The largest absolute Gasteiger partial charge is 0.450 e. The molecule has 2 heterocycles. The van der Waals surface area contributed by atoms with E-state index in [4.69, 9.17) is 8.94 Å². The molecule has 0 saturated heterocycles. The van der Waals surface area contributed by atoms with Crippen LogP contribution in [0, 0.1) is 19.8 Å². The quantitative estimate of drug-likeness (QED) is 0.759. The number of fused-ring (bicyclic) bond motifs is 2. The van der Waals surface area contributed by atoms with Crippen molar-refractivity contribution in [3.63, 3.8) is 0 Å². The van der Waals surface area contributed by atoms with Crippen molar-refractivity contribution in [1.29, 1.82) is 0 Å². The summed E-state index contributed by atoms with van der Waals surface area (Å²) in [5.74, 6) is 0.314. The van der Waals surface area contributed by atoms with Crippen molar-refractivity contribution < 1.29 is 13.7 Å². The summed E-state index contributed by atoms with van der Waals surface area (Å²) < 4.78 is 11.1. The molecule has 1 atom stereocenters. The fourth-order valence-electron chi connectivity index (χ4n) is 3.41. The van der Waals surface area contributed by atoms with Crippen LogP contribution in [0.4, 0.5) is 5.88 Å². The van der Waals surface area contributed by atoms with Crippen LogP contribution in [0.1, 0.15) is 46.3 Å². The maximum absolute atomic E-state index is 12.6. The fraction of sp³-hybridized carbons (Fsp3) is 0.350. The van der Waals surface area contributed by atoms with Crippen LogP contribution < -0.4 is 10.7 Å². The number of anilines is 1. The SMILES string of the molecule is Cc1ccc2c(=O)cc(C(=O)Nc3onc4c3C[C@@H](C)CC4)oc2c1C. The molecule has 134 valence electrons. The zero-order chi connectivity index (χ0) is 18.4. The van der Waals surface area contributed by atoms with E-state index in [-0.39, 0.29) is 11.2 Å². The molecule has 0 fully saturated rings. The lowest BCUT2D eigenvalue weighted by Gasteiger charge is -2.16. The molecular weight excluding hydrogens is 332 g/mol. The lowest BCUT2D eigenvalue weighted by molar-refractivity contribution is 0.0994. The summed E-state index contributed by atoms with van der Waals surface area (Å²) >= 11 is 0. The number of hydrogen-bond acceptors (Lipinski definition) is 5. The van der Waals surface area contributed by atoms with Crippen molar-refractivity contribution in [2.75, 3.05) is 5.32 Å². The third-order valence-corrected chi connectivity index (χ3v) is 5.16. The third kappa shape index (κ3) is 2.71. The van der Waals surface area contributed by atoms with Crippen LogP contribution in [0.15, 0.2) is 31.9 Å². The highest BCUT2D eigenvalue weighted by atomic mass is 16.5. The smallest absolute Gasteiger partial charge is 0.293 e. The van der Waals surface area contributed by atoms with Gasteiger partial charge in [-0.3, -0.25) is 14.9 Å². The molecule has 4 rings (SSSR count). The van der Waals surface area contributed by atoms with Crippen molar-refractivity contribution >= 4 is 22.8 Å². The molecule has 1 amide bonds. The van der Waals surface area contributed by atoms with Gasteiger partial charge in [-0.05, 0) is 56.2 Å². The number of amides is 1. The number of carbonyl (C=O) groups excluding carboxylic acids is 1. The fourth-order valence-corrected chi connectivity index (χ4v) is 3.41. The first-order valence-electron chi connectivity index (χ1n) is 8.77. The van der Waals surface area contributed by atoms with Gasteiger partial charge in [0.2, 0.25) is 5.88 Å². The first-order chi connectivity index (χ1) is 12.4. The molecule has 0 bridgehead atoms. The summed E-state index contributed by atoms with van der Waals surface area (Å²) in [6.45, 7) is 5.97. The number of aromatic nitrogens is 1. The highest BCUT2D eigenvalue weighted by Gasteiger charge is 2.25. The topological polar surface area (TPSA) is 85.3 Å². The van der Waals surface area contributed by atoms with E-state index in [1.165, 1.54) is 6.07 Å². The van der Waals surface area contributed by atoms with Gasteiger partial charge in [0.1, 0.15) is 5.58 Å². The highest BCUT2D eigenvalue weighted by molar-refractivity contribution is 6.02. The van der Waals surface area contributed by atoms with E-state index in [1.54, 1.807) is 6.07 Å². The molecule has 0 unspecified atom stereocenters. The zero-order valence-electron chi connectivity index (χ0n) is 15.0. The van der Waals surface area contributed by atoms with E-state index in [9.17, 15) is 9.59 Å². The summed E-state index contributed by atoms with van der Waals surface area (Å²) in [7, 11) is 0. The predicted octanol–water partition coefficient (Wildman–Crippen LogP) is 3.77. The Balaban J connectivity index is 1.70. The first kappa shape index (κ1) is 16.6. The second-order valence-electron chi connectivity index (χ2n) is 7.10. The standard InChI is InChI=1S/C20H20N2O4/c1-10-4-7-15-14(8-10)20(26-22-15)21-19(24)17-9-16(23)13-6-5-11(2)12(3)18(13)25-17/h5-6,9-10H,4,7-8H2,1-3H3,(H,21,24)/t10-/m0/s1. The lowest BCUT2D eigenvalue weighted by Crippen LogP contribution is -2.17. The van der Waals surface area contributed by atoms with Crippen LogP contribution in [0.3, 0.4) is 0 Å². The van der Waals surface area contributed by atoms with Crippen LogP contribution in [-0.4, -0.2) is 11.1 Å². The number of hydrogen-bond donors (Lipinski definition) is 1. The summed E-state index contributed by atoms with van der Waals surface area (Å²) in [6.07, 6.45) is 2.72. The normalized spacial score (nSPS) is 16.5. The monoisotopic (exact) mass is 352 g/mol. The van der Waals surface area contributed by atoms with Crippen molar-refractivity contribution in [2.45, 2.75) is 40.0 Å². The second-order valence-corrected chi connectivity index (χ2v) is 7.10. The molecular formula is C20H20N2O4. The molecule has 1 aliphatic carbocycles. The van der Waals surface area contributed by atoms with E-state index in [0.29, 0.717) is 22.8 Å². The zero-order valence-corrected chi connectivity index (χ0v) is 15.0. The Morgan fingerprint density at radius 1 is 1.31 bits per heavy atom. The van der Waals surface area contributed by atoms with Crippen molar-refractivity contribution in [3.05, 3.63) is 56.6 Å². The van der Waals surface area contributed by atoms with Gasteiger partial charge in [0.15, 0.2) is 11.2 Å². The van der Waals surface area contributed by atoms with E-state index in [1.807, 2.05) is 19.9 Å². The summed E-state index contributed by atoms with van der Waals surface area (Å²) in [4.78, 5) is 25.0. The Bertz CT molecular complexity index is 1080. The Kier molecular flexibility index (Phi) is 3.90.